The molecule has 0 saturated heterocycles. The third kappa shape index (κ3) is 3.95. The Morgan fingerprint density at radius 1 is 1.38 bits per heavy atom. The van der Waals surface area contributed by atoms with Crippen LogP contribution in [0.15, 0.2) is 0 Å². The molecule has 0 aromatic heterocycles. The van der Waals surface area contributed by atoms with Crippen molar-refractivity contribution in [3.63, 3.8) is 0 Å². The summed E-state index contributed by atoms with van der Waals surface area (Å²) in [4.78, 5) is 8.90. The summed E-state index contributed by atoms with van der Waals surface area (Å²) in [6.07, 6.45) is -5.08. The Labute approximate surface area is 53.2 Å². The predicted molar refractivity (Wildman–Crippen MR) is 13.7 cm³/mol. The second-order valence-corrected chi connectivity index (χ2v) is 0.803. The number of hydrogen-bond acceptors (Lipinski definition) is 1. The van der Waals surface area contributed by atoms with Crippen LogP contribution < -0.4 is 0 Å². The van der Waals surface area contributed by atoms with E-state index < -0.39 is 12.1 Å². The van der Waals surface area contributed by atoms with Gasteiger partial charge in [-0.25, -0.2) is 4.79 Å². The van der Waals surface area contributed by atoms with Gasteiger partial charge in [0.15, 0.2) is 0 Å². The molecular formula is C2HF3FeO2+3. The average Bonchev–Trinajstić information content (AvgIpc) is 1.31. The molecule has 0 spiro atoms. The number of carboxylic acid groups (broad SMARTS) is 1. The van der Waals surface area contributed by atoms with Crippen molar-refractivity contribution in [3.8, 4) is 0 Å². The van der Waals surface area contributed by atoms with Crippen LogP contribution in [0.25, 0.3) is 0 Å². The van der Waals surface area contributed by atoms with Gasteiger partial charge in [-0.15, -0.1) is 0 Å². The second-order valence-electron chi connectivity index (χ2n) is 0.803. The fourth-order valence-electron chi connectivity index (χ4n) is 0. The van der Waals surface area contributed by atoms with Gasteiger partial charge in [0.05, 0.1) is 0 Å². The summed E-state index contributed by atoms with van der Waals surface area (Å²) >= 11 is 0. The van der Waals surface area contributed by atoms with Crippen LogP contribution >= 0.6 is 0 Å². The zero-order chi connectivity index (χ0) is 6.08. The van der Waals surface area contributed by atoms with Crippen LogP contribution in [-0.2, 0) is 21.9 Å². The first-order valence-electron chi connectivity index (χ1n) is 1.24. The molecule has 47 valence electrons. The Morgan fingerprint density at radius 2 is 1.50 bits per heavy atom. The fraction of sp³-hybridized carbons (Fsp3) is 0.500. The molecule has 1 radical (unpaired) electrons. The van der Waals surface area contributed by atoms with Gasteiger partial charge in [0.2, 0.25) is 0 Å². The summed E-state index contributed by atoms with van der Waals surface area (Å²) < 4.78 is 31.7. The molecule has 0 aliphatic carbocycles. The van der Waals surface area contributed by atoms with Crippen molar-refractivity contribution in [2.75, 3.05) is 0 Å². The van der Waals surface area contributed by atoms with E-state index in [-0.39, 0.29) is 17.1 Å². The maximum absolute atomic E-state index is 10.6. The Balaban J connectivity index is 0. The van der Waals surface area contributed by atoms with Gasteiger partial charge in [-0.3, -0.25) is 0 Å². The van der Waals surface area contributed by atoms with E-state index in [0.29, 0.717) is 0 Å². The summed E-state index contributed by atoms with van der Waals surface area (Å²) in [5.41, 5.74) is 0. The Kier molecular flexibility index (Phi) is 3.93. The summed E-state index contributed by atoms with van der Waals surface area (Å²) in [6.45, 7) is 0. The minimum absolute atomic E-state index is 0. The zero-order valence-corrected chi connectivity index (χ0v) is 4.45. The van der Waals surface area contributed by atoms with Gasteiger partial charge in [0.25, 0.3) is 0 Å². The van der Waals surface area contributed by atoms with E-state index in [1.54, 1.807) is 0 Å². The third-order valence-electron chi connectivity index (χ3n) is 0.243. The molecule has 2 nitrogen and oxygen atoms in total. The van der Waals surface area contributed by atoms with Crippen molar-refractivity contribution in [3.05, 3.63) is 0 Å². The van der Waals surface area contributed by atoms with Gasteiger partial charge >= 0.3 is 29.2 Å². The second kappa shape index (κ2) is 2.94. The molecule has 0 saturated carbocycles. The first-order chi connectivity index (χ1) is 2.94. The molecule has 0 aliphatic heterocycles. The van der Waals surface area contributed by atoms with Gasteiger partial charge < -0.3 is 5.11 Å². The molecule has 0 fully saturated rings. The zero-order valence-electron chi connectivity index (χ0n) is 3.34. The summed E-state index contributed by atoms with van der Waals surface area (Å²) in [7, 11) is 0. The number of alkyl halides is 3. The minimum Gasteiger partial charge on any atom is -0.475 e. The molecular weight excluding hydrogens is 169 g/mol. The SMILES string of the molecule is O=C(O)C(F)(F)F.[Fe+3]. The van der Waals surface area contributed by atoms with Crippen LogP contribution in [0.1, 0.15) is 0 Å². The van der Waals surface area contributed by atoms with E-state index in [0.717, 1.165) is 0 Å². The van der Waals surface area contributed by atoms with Crippen molar-refractivity contribution >= 4 is 5.97 Å². The number of rotatable bonds is 0. The number of carbonyl (C=O) groups is 1. The van der Waals surface area contributed by atoms with Crippen LogP contribution in [0, 0.1) is 0 Å². The van der Waals surface area contributed by atoms with E-state index in [2.05, 4.69) is 0 Å². The first kappa shape index (κ1) is 10.7. The number of aliphatic carboxylic acids is 1. The van der Waals surface area contributed by atoms with E-state index in [1.165, 1.54) is 0 Å². The van der Waals surface area contributed by atoms with Gasteiger partial charge in [-0.05, 0) is 0 Å². The monoisotopic (exact) mass is 170 g/mol. The molecule has 0 amide bonds. The number of carboxylic acids is 1. The van der Waals surface area contributed by atoms with E-state index >= 15 is 0 Å². The van der Waals surface area contributed by atoms with Crippen molar-refractivity contribution in [1.29, 1.82) is 0 Å². The standard InChI is InChI=1S/C2HF3O2.Fe/c3-2(4,5)1(6)7;/h(H,6,7);/q;+3. The fourth-order valence-corrected chi connectivity index (χ4v) is 0. The van der Waals surface area contributed by atoms with Gasteiger partial charge in [-0.1, -0.05) is 0 Å². The molecule has 0 aromatic carbocycles. The molecule has 0 bridgehead atoms. The maximum atomic E-state index is 10.6. The van der Waals surface area contributed by atoms with Gasteiger partial charge in [0, 0.05) is 0 Å². The molecule has 0 atom stereocenters. The molecule has 0 unspecified atom stereocenters. The first-order valence-corrected chi connectivity index (χ1v) is 1.24. The van der Waals surface area contributed by atoms with Crippen LogP contribution in [0.4, 0.5) is 13.2 Å². The smallest absolute Gasteiger partial charge is 0.475 e. The molecule has 6 heteroatoms. The van der Waals surface area contributed by atoms with Crippen molar-refractivity contribution < 1.29 is 40.1 Å². The summed E-state index contributed by atoms with van der Waals surface area (Å²) in [6, 6.07) is 0. The minimum atomic E-state index is -5.08. The van der Waals surface area contributed by atoms with Crippen LogP contribution in [0.2, 0.25) is 0 Å². The Bertz CT molecular complexity index is 87.8. The number of halogens is 3. The normalized spacial score (nSPS) is 9.88. The Morgan fingerprint density at radius 3 is 1.50 bits per heavy atom. The van der Waals surface area contributed by atoms with Crippen LogP contribution in [-0.4, -0.2) is 17.3 Å². The van der Waals surface area contributed by atoms with Crippen LogP contribution in [0.5, 0.6) is 0 Å². The quantitative estimate of drug-likeness (QED) is 0.541. The largest absolute Gasteiger partial charge is 3.00 e. The predicted octanol–water partition coefficient (Wildman–Crippen LogP) is 0.631. The van der Waals surface area contributed by atoms with Crippen LogP contribution in [0.3, 0.4) is 0 Å². The van der Waals surface area contributed by atoms with Crippen molar-refractivity contribution in [2.24, 2.45) is 0 Å². The molecule has 0 aromatic rings. The third-order valence-corrected chi connectivity index (χ3v) is 0.243. The molecule has 1 N–H and O–H groups in total. The topological polar surface area (TPSA) is 37.3 Å². The molecule has 0 heterocycles. The van der Waals surface area contributed by atoms with E-state index in [1.807, 2.05) is 0 Å². The van der Waals surface area contributed by atoms with Crippen molar-refractivity contribution in [1.82, 2.24) is 0 Å². The molecule has 8 heavy (non-hydrogen) atoms. The Hall–Kier alpha value is -0.221. The van der Waals surface area contributed by atoms with Crippen molar-refractivity contribution in [2.45, 2.75) is 6.18 Å². The molecule has 0 aliphatic rings. The molecule has 0 rings (SSSR count). The van der Waals surface area contributed by atoms with Gasteiger partial charge in [-0.2, -0.15) is 13.2 Å². The average molecular weight is 170 g/mol. The van der Waals surface area contributed by atoms with E-state index in [4.69, 9.17) is 9.90 Å². The van der Waals surface area contributed by atoms with Gasteiger partial charge in [0.1, 0.15) is 0 Å². The summed E-state index contributed by atoms with van der Waals surface area (Å²) in [5.74, 6) is -2.76. The maximum Gasteiger partial charge on any atom is 3.00 e. The summed E-state index contributed by atoms with van der Waals surface area (Å²) in [5, 5.41) is 7.12. The van der Waals surface area contributed by atoms with E-state index in [9.17, 15) is 13.2 Å². The number of hydrogen-bond donors (Lipinski definition) is 1.